The maximum Gasteiger partial charge on any atom is 0.336 e. The van der Waals surface area contributed by atoms with Gasteiger partial charge in [0, 0.05) is 29.6 Å². The number of hydrogen-bond acceptors (Lipinski definition) is 8. The minimum absolute atomic E-state index is 0.121. The zero-order chi connectivity index (χ0) is 23.7. The lowest BCUT2D eigenvalue weighted by molar-refractivity contribution is -0.385. The van der Waals surface area contributed by atoms with Gasteiger partial charge in [0.25, 0.3) is 5.69 Å². The van der Waals surface area contributed by atoms with E-state index in [1.165, 1.54) is 18.2 Å². The molecule has 1 aliphatic heterocycles. The van der Waals surface area contributed by atoms with E-state index in [0.29, 0.717) is 24.2 Å². The summed E-state index contributed by atoms with van der Waals surface area (Å²) < 4.78 is 10.7. The van der Waals surface area contributed by atoms with Crippen LogP contribution in [0.15, 0.2) is 46.8 Å². The summed E-state index contributed by atoms with van der Waals surface area (Å²) in [5, 5.41) is 23.6. The fourth-order valence-corrected chi connectivity index (χ4v) is 3.76. The van der Waals surface area contributed by atoms with Crippen LogP contribution >= 0.6 is 0 Å². The van der Waals surface area contributed by atoms with Gasteiger partial charge in [0.05, 0.1) is 35.2 Å². The summed E-state index contributed by atoms with van der Waals surface area (Å²) in [5.74, 6) is -2.30. The number of benzene rings is 1. The van der Waals surface area contributed by atoms with E-state index in [0.717, 1.165) is 12.8 Å². The van der Waals surface area contributed by atoms with E-state index >= 15 is 0 Å². The molecule has 174 valence electrons. The Morgan fingerprint density at radius 3 is 2.22 bits per heavy atom. The Balaban J connectivity index is 2.44. The number of carbonyl (C=O) groups is 2. The number of carbonyl (C=O) groups excluding carboxylic acids is 2. The number of nitro groups is 1. The van der Waals surface area contributed by atoms with Crippen molar-refractivity contribution in [3.8, 4) is 0 Å². The van der Waals surface area contributed by atoms with Crippen LogP contribution < -0.4 is 5.32 Å². The summed E-state index contributed by atoms with van der Waals surface area (Å²) in [7, 11) is 0. The molecule has 0 bridgehead atoms. The van der Waals surface area contributed by atoms with Gasteiger partial charge in [-0.25, -0.2) is 9.59 Å². The number of hydrogen-bond donors (Lipinski definition) is 2. The molecule has 9 nitrogen and oxygen atoms in total. The highest BCUT2D eigenvalue weighted by molar-refractivity contribution is 6.00. The number of unbranched alkanes of at least 4 members (excludes halogenated alkanes) is 3. The average Bonchev–Trinajstić information content (AvgIpc) is 2.75. The summed E-state index contributed by atoms with van der Waals surface area (Å²) in [6.45, 7) is 5.41. The van der Waals surface area contributed by atoms with Crippen molar-refractivity contribution in [1.82, 2.24) is 5.32 Å². The number of dihydropyridines is 1. The van der Waals surface area contributed by atoms with Crippen molar-refractivity contribution in [2.45, 2.75) is 52.4 Å². The lowest BCUT2D eigenvalue weighted by Gasteiger charge is -2.30. The molecule has 0 aromatic heterocycles. The third-order valence-corrected chi connectivity index (χ3v) is 5.21. The van der Waals surface area contributed by atoms with Crippen LogP contribution in [0.1, 0.15) is 57.9 Å². The molecule has 1 aliphatic rings. The summed E-state index contributed by atoms with van der Waals surface area (Å²) in [4.78, 5) is 37.1. The summed E-state index contributed by atoms with van der Waals surface area (Å²) in [5.41, 5.74) is 1.23. The van der Waals surface area contributed by atoms with Crippen LogP contribution in [0.5, 0.6) is 0 Å². The number of esters is 2. The number of nitrogens with one attached hydrogen (secondary N) is 1. The van der Waals surface area contributed by atoms with E-state index in [-0.39, 0.29) is 42.2 Å². The zero-order valence-corrected chi connectivity index (χ0v) is 18.7. The van der Waals surface area contributed by atoms with Gasteiger partial charge in [0.1, 0.15) is 0 Å². The van der Waals surface area contributed by atoms with Crippen molar-refractivity contribution in [1.29, 1.82) is 0 Å². The Hall–Kier alpha value is -3.20. The molecule has 0 radical (unpaired) electrons. The topological polar surface area (TPSA) is 128 Å². The van der Waals surface area contributed by atoms with Gasteiger partial charge in [-0.15, -0.1) is 0 Å². The first-order chi connectivity index (χ1) is 15.3. The number of rotatable bonds is 11. The number of nitro benzene ring substituents is 1. The molecule has 1 heterocycles. The molecule has 0 saturated heterocycles. The van der Waals surface area contributed by atoms with Crippen LogP contribution in [0.2, 0.25) is 0 Å². The highest BCUT2D eigenvalue weighted by Crippen LogP contribution is 2.42. The molecular weight excluding hydrogens is 416 g/mol. The lowest BCUT2D eigenvalue weighted by Crippen LogP contribution is -2.33. The SMILES string of the molecule is CCOC(=O)C1=C(C)NC(C)=C(C(=O)OCCCCCCO)C1c1ccccc1[N+](=O)[O-]. The van der Waals surface area contributed by atoms with E-state index in [1.54, 1.807) is 26.8 Å². The highest BCUT2D eigenvalue weighted by Gasteiger charge is 2.40. The average molecular weight is 447 g/mol. The normalized spacial score (nSPS) is 15.9. The molecule has 0 fully saturated rings. The fourth-order valence-electron chi connectivity index (χ4n) is 3.76. The van der Waals surface area contributed by atoms with Gasteiger partial charge in [0.2, 0.25) is 0 Å². The van der Waals surface area contributed by atoms with Crippen LogP contribution in [0.4, 0.5) is 5.69 Å². The fraction of sp³-hybridized carbons (Fsp3) is 0.478. The third-order valence-electron chi connectivity index (χ3n) is 5.21. The molecule has 0 amide bonds. The van der Waals surface area contributed by atoms with Crippen LogP contribution in [0, 0.1) is 10.1 Å². The first-order valence-electron chi connectivity index (χ1n) is 10.7. The standard InChI is InChI=1S/C23H30N2O7/c1-4-31-22(27)19-15(2)24-16(3)20(23(28)32-14-10-6-5-9-13-26)21(19)17-11-7-8-12-18(17)25(29)30/h7-8,11-12,21,24,26H,4-6,9-10,13-14H2,1-3H3. The second-order valence-electron chi connectivity index (χ2n) is 7.45. The Kier molecular flexibility index (Phi) is 9.39. The van der Waals surface area contributed by atoms with Crippen LogP contribution in [-0.4, -0.2) is 41.8 Å². The maximum absolute atomic E-state index is 13.1. The largest absolute Gasteiger partial charge is 0.463 e. The van der Waals surface area contributed by atoms with E-state index in [9.17, 15) is 19.7 Å². The highest BCUT2D eigenvalue weighted by atomic mass is 16.6. The third kappa shape index (κ3) is 5.94. The van der Waals surface area contributed by atoms with Gasteiger partial charge in [-0.05, 0) is 40.0 Å². The van der Waals surface area contributed by atoms with Crippen LogP contribution in [0.3, 0.4) is 0 Å². The number of aliphatic hydroxyl groups is 1. The Bertz CT molecular complexity index is 921. The van der Waals surface area contributed by atoms with Crippen LogP contribution in [0.25, 0.3) is 0 Å². The van der Waals surface area contributed by atoms with Crippen molar-refractivity contribution >= 4 is 17.6 Å². The van der Waals surface area contributed by atoms with Gasteiger partial charge in [-0.1, -0.05) is 24.6 Å². The van der Waals surface area contributed by atoms with E-state index in [1.807, 2.05) is 0 Å². The predicted molar refractivity (Wildman–Crippen MR) is 118 cm³/mol. The van der Waals surface area contributed by atoms with E-state index in [4.69, 9.17) is 14.6 Å². The molecule has 0 saturated carbocycles. The molecule has 0 aliphatic carbocycles. The Labute approximate surface area is 187 Å². The van der Waals surface area contributed by atoms with Crippen molar-refractivity contribution in [2.24, 2.45) is 0 Å². The molecule has 32 heavy (non-hydrogen) atoms. The monoisotopic (exact) mass is 446 g/mol. The van der Waals surface area contributed by atoms with Gasteiger partial charge in [-0.2, -0.15) is 0 Å². The number of ether oxygens (including phenoxy) is 2. The zero-order valence-electron chi connectivity index (χ0n) is 18.7. The first-order valence-corrected chi connectivity index (χ1v) is 10.7. The Morgan fingerprint density at radius 1 is 1.03 bits per heavy atom. The lowest BCUT2D eigenvalue weighted by atomic mass is 9.79. The minimum atomic E-state index is -1.00. The van der Waals surface area contributed by atoms with Crippen molar-refractivity contribution in [3.05, 3.63) is 62.5 Å². The van der Waals surface area contributed by atoms with E-state index < -0.39 is 22.8 Å². The van der Waals surface area contributed by atoms with Gasteiger partial charge >= 0.3 is 11.9 Å². The Morgan fingerprint density at radius 2 is 1.62 bits per heavy atom. The number of nitrogens with zero attached hydrogens (tertiary/aromatic N) is 1. The van der Waals surface area contributed by atoms with Crippen molar-refractivity contribution in [3.63, 3.8) is 0 Å². The van der Waals surface area contributed by atoms with Crippen LogP contribution in [-0.2, 0) is 19.1 Å². The molecule has 1 unspecified atom stereocenters. The molecule has 2 rings (SSSR count). The maximum atomic E-state index is 13.1. The number of allylic oxidation sites excluding steroid dienone is 2. The smallest absolute Gasteiger partial charge is 0.336 e. The summed E-state index contributed by atoms with van der Waals surface area (Å²) in [6.07, 6.45) is 2.94. The molecule has 0 spiro atoms. The van der Waals surface area contributed by atoms with Crippen molar-refractivity contribution < 1.29 is 29.1 Å². The first kappa shape index (κ1) is 25.1. The quantitative estimate of drug-likeness (QED) is 0.229. The van der Waals surface area contributed by atoms with E-state index in [2.05, 4.69) is 5.32 Å². The van der Waals surface area contributed by atoms with Gasteiger partial charge in [0.15, 0.2) is 0 Å². The molecule has 2 N–H and O–H groups in total. The van der Waals surface area contributed by atoms with Gasteiger partial charge in [-0.3, -0.25) is 10.1 Å². The second kappa shape index (κ2) is 12.0. The molecular formula is C23H30N2O7. The number of aliphatic hydroxyl groups excluding tert-OH is 1. The minimum Gasteiger partial charge on any atom is -0.463 e. The molecule has 9 heteroatoms. The molecule has 1 atom stereocenters. The number of para-hydroxylation sites is 1. The predicted octanol–water partition coefficient (Wildman–Crippen LogP) is 3.49. The summed E-state index contributed by atoms with van der Waals surface area (Å²) in [6, 6.07) is 6.04. The summed E-state index contributed by atoms with van der Waals surface area (Å²) >= 11 is 0. The van der Waals surface area contributed by atoms with Crippen molar-refractivity contribution in [2.75, 3.05) is 19.8 Å². The second-order valence-corrected chi connectivity index (χ2v) is 7.45. The molecule has 1 aromatic carbocycles. The van der Waals surface area contributed by atoms with Gasteiger partial charge < -0.3 is 19.9 Å². The molecule has 1 aromatic rings.